The number of pyridine rings is 1. The van der Waals surface area contributed by atoms with E-state index in [2.05, 4.69) is 17.6 Å². The van der Waals surface area contributed by atoms with Gasteiger partial charge in [0, 0.05) is 24.1 Å². The summed E-state index contributed by atoms with van der Waals surface area (Å²) in [7, 11) is 3.94. The normalized spacial score (nSPS) is 10.9. The lowest BCUT2D eigenvalue weighted by Crippen LogP contribution is -2.13. The van der Waals surface area contributed by atoms with Crippen LogP contribution in [0.25, 0.3) is 0 Å². The molecule has 0 atom stereocenters. The average molecular weight is 212 g/mol. The van der Waals surface area contributed by atoms with E-state index in [1.165, 1.54) is 0 Å². The van der Waals surface area contributed by atoms with Crippen LogP contribution in [0.2, 0.25) is 0 Å². The predicted octanol–water partition coefficient (Wildman–Crippen LogP) is 1.59. The second kappa shape index (κ2) is 4.66. The van der Waals surface area contributed by atoms with Gasteiger partial charge in [-0.3, -0.25) is 4.98 Å². The number of hydrogen-bond acceptors (Lipinski definition) is 4. The second-order valence-corrected chi connectivity index (χ2v) is 3.91. The van der Waals surface area contributed by atoms with Gasteiger partial charge in [-0.25, -0.2) is 0 Å². The van der Waals surface area contributed by atoms with Crippen LogP contribution >= 0.6 is 12.6 Å². The van der Waals surface area contributed by atoms with E-state index < -0.39 is 0 Å². The Morgan fingerprint density at radius 1 is 1.50 bits per heavy atom. The summed E-state index contributed by atoms with van der Waals surface area (Å²) in [5.74, 6) is 0.898. The summed E-state index contributed by atoms with van der Waals surface area (Å²) in [4.78, 5) is 6.12. The fraction of sp³-hybridized carbons (Fsp3) is 0.500. The average Bonchev–Trinajstić information content (AvgIpc) is 2.13. The first-order chi connectivity index (χ1) is 6.56. The first-order valence-electron chi connectivity index (χ1n) is 4.48. The lowest BCUT2D eigenvalue weighted by Gasteiger charge is -2.15. The van der Waals surface area contributed by atoms with Crippen LogP contribution in [0.1, 0.15) is 16.8 Å². The van der Waals surface area contributed by atoms with Crippen LogP contribution in [-0.2, 0) is 12.3 Å². The summed E-state index contributed by atoms with van der Waals surface area (Å²) >= 11 is 4.21. The zero-order valence-corrected chi connectivity index (χ0v) is 9.67. The molecule has 14 heavy (non-hydrogen) atoms. The van der Waals surface area contributed by atoms with Crippen LogP contribution in [0.15, 0.2) is 6.20 Å². The largest absolute Gasteiger partial charge is 0.506 e. The van der Waals surface area contributed by atoms with Gasteiger partial charge in [-0.15, -0.1) is 0 Å². The summed E-state index contributed by atoms with van der Waals surface area (Å²) in [6, 6.07) is 0. The lowest BCUT2D eigenvalue weighted by molar-refractivity contribution is 0.382. The SMILES string of the molecule is Cc1ncc(CS)c(CN(C)C)c1O. The molecule has 1 heterocycles. The van der Waals surface area contributed by atoms with Crippen LogP contribution in [0.5, 0.6) is 5.75 Å². The van der Waals surface area contributed by atoms with Crippen LogP contribution < -0.4 is 0 Å². The molecule has 0 saturated heterocycles. The fourth-order valence-corrected chi connectivity index (χ4v) is 1.59. The van der Waals surface area contributed by atoms with Gasteiger partial charge in [0.1, 0.15) is 5.75 Å². The Hall–Kier alpha value is -0.740. The maximum Gasteiger partial charge on any atom is 0.141 e. The highest BCUT2D eigenvalue weighted by Gasteiger charge is 2.11. The Bertz CT molecular complexity index is 326. The van der Waals surface area contributed by atoms with Crippen molar-refractivity contribution >= 4 is 12.6 Å². The number of thiol groups is 1. The number of rotatable bonds is 3. The van der Waals surface area contributed by atoms with E-state index in [4.69, 9.17) is 0 Å². The van der Waals surface area contributed by atoms with Gasteiger partial charge in [0.25, 0.3) is 0 Å². The quantitative estimate of drug-likeness (QED) is 0.747. The van der Waals surface area contributed by atoms with Gasteiger partial charge < -0.3 is 10.0 Å². The first kappa shape index (κ1) is 11.3. The summed E-state index contributed by atoms with van der Waals surface area (Å²) < 4.78 is 0. The van der Waals surface area contributed by atoms with E-state index >= 15 is 0 Å². The Labute approximate surface area is 90.2 Å². The minimum atomic E-state index is 0.297. The maximum atomic E-state index is 9.84. The van der Waals surface area contributed by atoms with E-state index in [1.54, 1.807) is 13.1 Å². The number of aromatic nitrogens is 1. The molecule has 3 nitrogen and oxygen atoms in total. The summed E-state index contributed by atoms with van der Waals surface area (Å²) in [6.45, 7) is 2.52. The molecule has 0 aliphatic heterocycles. The minimum absolute atomic E-state index is 0.297. The molecule has 0 aromatic carbocycles. The van der Waals surface area contributed by atoms with Crippen LogP contribution in [0, 0.1) is 6.92 Å². The summed E-state index contributed by atoms with van der Waals surface area (Å²) in [6.07, 6.45) is 1.78. The van der Waals surface area contributed by atoms with Gasteiger partial charge in [0.15, 0.2) is 0 Å². The standard InChI is InChI=1S/C10H16N2OS/c1-7-10(13)9(5-12(2)3)8(6-14)4-11-7/h4,13-14H,5-6H2,1-3H3. The zero-order valence-electron chi connectivity index (χ0n) is 8.78. The molecule has 0 bridgehead atoms. The maximum absolute atomic E-state index is 9.84. The van der Waals surface area contributed by atoms with Crippen molar-refractivity contribution in [2.24, 2.45) is 0 Å². The lowest BCUT2D eigenvalue weighted by atomic mass is 10.1. The van der Waals surface area contributed by atoms with E-state index in [0.29, 0.717) is 23.7 Å². The molecule has 78 valence electrons. The number of aromatic hydroxyl groups is 1. The third kappa shape index (κ3) is 2.39. The van der Waals surface area contributed by atoms with Crippen molar-refractivity contribution in [1.82, 2.24) is 9.88 Å². The molecule has 0 aliphatic rings. The molecule has 0 saturated carbocycles. The minimum Gasteiger partial charge on any atom is -0.506 e. The van der Waals surface area contributed by atoms with Gasteiger partial charge in [-0.05, 0) is 26.6 Å². The van der Waals surface area contributed by atoms with Crippen LogP contribution in [0.3, 0.4) is 0 Å². The molecule has 1 aromatic rings. The van der Waals surface area contributed by atoms with Crippen molar-refractivity contribution < 1.29 is 5.11 Å². The monoisotopic (exact) mass is 212 g/mol. The molecule has 0 fully saturated rings. The van der Waals surface area contributed by atoms with Gasteiger partial charge in [0.2, 0.25) is 0 Å². The molecule has 0 amide bonds. The Morgan fingerprint density at radius 3 is 2.64 bits per heavy atom. The molecule has 1 N–H and O–H groups in total. The van der Waals surface area contributed by atoms with E-state index in [0.717, 1.165) is 11.1 Å². The Balaban J connectivity index is 3.14. The van der Waals surface area contributed by atoms with Gasteiger partial charge >= 0.3 is 0 Å². The number of aryl methyl sites for hydroxylation is 1. The van der Waals surface area contributed by atoms with Crippen molar-refractivity contribution in [2.45, 2.75) is 19.2 Å². The molecule has 1 aromatic heterocycles. The van der Waals surface area contributed by atoms with E-state index in [9.17, 15) is 5.11 Å². The molecule has 0 radical (unpaired) electrons. The van der Waals surface area contributed by atoms with Crippen LogP contribution in [-0.4, -0.2) is 29.1 Å². The van der Waals surface area contributed by atoms with Crippen molar-refractivity contribution in [3.63, 3.8) is 0 Å². The second-order valence-electron chi connectivity index (χ2n) is 3.59. The Kier molecular flexibility index (Phi) is 3.77. The fourth-order valence-electron chi connectivity index (χ4n) is 1.31. The molecule has 0 spiro atoms. The van der Waals surface area contributed by atoms with Gasteiger partial charge in [-0.2, -0.15) is 12.6 Å². The molecular formula is C10H16N2OS. The van der Waals surface area contributed by atoms with Crippen molar-refractivity contribution in [1.29, 1.82) is 0 Å². The molecule has 4 heteroatoms. The number of nitrogens with zero attached hydrogens (tertiary/aromatic N) is 2. The Morgan fingerprint density at radius 2 is 2.14 bits per heavy atom. The van der Waals surface area contributed by atoms with Crippen LogP contribution in [0.4, 0.5) is 0 Å². The molecule has 1 rings (SSSR count). The molecule has 0 unspecified atom stereocenters. The molecule has 0 aliphatic carbocycles. The first-order valence-corrected chi connectivity index (χ1v) is 5.11. The molecular weight excluding hydrogens is 196 g/mol. The highest BCUT2D eigenvalue weighted by atomic mass is 32.1. The van der Waals surface area contributed by atoms with Crippen molar-refractivity contribution in [3.05, 3.63) is 23.0 Å². The van der Waals surface area contributed by atoms with E-state index in [1.807, 2.05) is 19.0 Å². The van der Waals surface area contributed by atoms with Crippen molar-refractivity contribution in [3.8, 4) is 5.75 Å². The number of hydrogen-bond donors (Lipinski definition) is 2. The topological polar surface area (TPSA) is 36.4 Å². The zero-order chi connectivity index (χ0) is 10.7. The van der Waals surface area contributed by atoms with Crippen molar-refractivity contribution in [2.75, 3.05) is 14.1 Å². The highest BCUT2D eigenvalue weighted by Crippen LogP contribution is 2.25. The third-order valence-corrected chi connectivity index (χ3v) is 2.42. The summed E-state index contributed by atoms with van der Waals surface area (Å²) in [5.41, 5.74) is 2.59. The third-order valence-electron chi connectivity index (χ3n) is 2.07. The predicted molar refractivity (Wildman–Crippen MR) is 60.7 cm³/mol. The highest BCUT2D eigenvalue weighted by molar-refractivity contribution is 7.79. The van der Waals surface area contributed by atoms with E-state index in [-0.39, 0.29) is 0 Å². The summed E-state index contributed by atoms with van der Waals surface area (Å²) in [5, 5.41) is 9.84. The smallest absolute Gasteiger partial charge is 0.141 e. The van der Waals surface area contributed by atoms with Gasteiger partial charge in [-0.1, -0.05) is 0 Å². The van der Waals surface area contributed by atoms with Gasteiger partial charge in [0.05, 0.1) is 5.69 Å².